The first-order chi connectivity index (χ1) is 14.1. The number of aromatic nitrogens is 2. The Bertz CT molecular complexity index is 895. The lowest BCUT2D eigenvalue weighted by Crippen LogP contribution is -2.31. The smallest absolute Gasteiger partial charge is 0.223 e. The predicted molar refractivity (Wildman–Crippen MR) is 113 cm³/mol. The summed E-state index contributed by atoms with van der Waals surface area (Å²) in [5.41, 5.74) is 4.16. The van der Waals surface area contributed by atoms with E-state index in [0.29, 0.717) is 26.1 Å². The number of rotatable bonds is 5. The lowest BCUT2D eigenvalue weighted by molar-refractivity contribution is -0.132. The summed E-state index contributed by atoms with van der Waals surface area (Å²) in [7, 11) is 0. The number of hydrogen-bond acceptors (Lipinski definition) is 6. The Hall–Kier alpha value is -2.28. The van der Waals surface area contributed by atoms with Crippen LogP contribution in [0.15, 0.2) is 23.4 Å². The Morgan fingerprint density at radius 1 is 1.17 bits per heavy atom. The van der Waals surface area contributed by atoms with Gasteiger partial charge in [-0.1, -0.05) is 17.8 Å². The van der Waals surface area contributed by atoms with Crippen molar-refractivity contribution in [1.82, 2.24) is 14.9 Å². The lowest BCUT2D eigenvalue weighted by atomic mass is 10.0. The van der Waals surface area contributed by atoms with Crippen LogP contribution in [0.4, 0.5) is 0 Å². The van der Waals surface area contributed by atoms with Gasteiger partial charge in [0, 0.05) is 24.4 Å². The Kier molecular flexibility index (Phi) is 5.94. The summed E-state index contributed by atoms with van der Waals surface area (Å²) in [5, 5.41) is 0.785. The molecule has 6 nitrogen and oxygen atoms in total. The molecule has 0 bridgehead atoms. The molecule has 2 aromatic rings. The van der Waals surface area contributed by atoms with Crippen molar-refractivity contribution in [3.05, 3.63) is 40.7 Å². The SMILES string of the molecule is CSc1nc(C)c(CCC(=O)N2CCC[C@H]2c2ccc3c(c2)OCCO3)c(C)n1. The number of amides is 1. The Morgan fingerprint density at radius 2 is 1.90 bits per heavy atom. The standard InChI is InChI=1S/C22H27N3O3S/c1-14-17(15(2)24-22(23-14)29-3)7-9-21(26)25-10-4-5-18(25)16-6-8-19-20(13-16)28-12-11-27-19/h6,8,13,18H,4-5,7,9-12H2,1-3H3/t18-/m0/s1. The van der Waals surface area contributed by atoms with Crippen molar-refractivity contribution in [1.29, 1.82) is 0 Å². The summed E-state index contributed by atoms with van der Waals surface area (Å²) >= 11 is 1.54. The van der Waals surface area contributed by atoms with Gasteiger partial charge in [0.2, 0.25) is 5.91 Å². The molecule has 1 amide bonds. The van der Waals surface area contributed by atoms with Gasteiger partial charge in [0.15, 0.2) is 16.7 Å². The maximum absolute atomic E-state index is 13.1. The molecule has 0 spiro atoms. The first kappa shape index (κ1) is 20.0. The molecular formula is C22H27N3O3S. The van der Waals surface area contributed by atoms with Gasteiger partial charge < -0.3 is 14.4 Å². The molecule has 0 unspecified atom stereocenters. The van der Waals surface area contributed by atoms with Crippen molar-refractivity contribution in [2.24, 2.45) is 0 Å². The van der Waals surface area contributed by atoms with Crippen LogP contribution in [0, 0.1) is 13.8 Å². The highest BCUT2D eigenvalue weighted by atomic mass is 32.2. The monoisotopic (exact) mass is 413 g/mol. The molecule has 1 saturated heterocycles. The van der Waals surface area contributed by atoms with E-state index in [2.05, 4.69) is 16.0 Å². The van der Waals surface area contributed by atoms with Crippen LogP contribution in [0.5, 0.6) is 11.5 Å². The second-order valence-corrected chi connectivity index (χ2v) is 8.28. The molecule has 1 atom stereocenters. The van der Waals surface area contributed by atoms with Crippen molar-refractivity contribution in [3.8, 4) is 11.5 Å². The molecule has 0 N–H and O–H groups in total. The molecule has 0 saturated carbocycles. The number of ether oxygens (including phenoxy) is 2. The van der Waals surface area contributed by atoms with E-state index in [1.165, 1.54) is 0 Å². The fraction of sp³-hybridized carbons (Fsp3) is 0.500. The molecule has 154 valence electrons. The fourth-order valence-electron chi connectivity index (χ4n) is 4.22. The second kappa shape index (κ2) is 8.61. The number of carbonyl (C=O) groups excluding carboxylic acids is 1. The zero-order valence-electron chi connectivity index (χ0n) is 17.2. The molecule has 0 radical (unpaired) electrons. The summed E-state index contributed by atoms with van der Waals surface area (Å²) in [5.74, 6) is 1.76. The van der Waals surface area contributed by atoms with E-state index >= 15 is 0 Å². The van der Waals surface area contributed by atoms with Crippen LogP contribution >= 0.6 is 11.8 Å². The lowest BCUT2D eigenvalue weighted by Gasteiger charge is -2.27. The molecule has 2 aliphatic heterocycles. The molecular weight excluding hydrogens is 386 g/mol. The first-order valence-corrected chi connectivity index (χ1v) is 11.4. The first-order valence-electron chi connectivity index (χ1n) is 10.1. The molecule has 1 aromatic carbocycles. The van der Waals surface area contributed by atoms with E-state index in [1.54, 1.807) is 11.8 Å². The van der Waals surface area contributed by atoms with E-state index in [4.69, 9.17) is 9.47 Å². The molecule has 3 heterocycles. The topological polar surface area (TPSA) is 64.6 Å². The number of fused-ring (bicyclic) bond motifs is 1. The average molecular weight is 414 g/mol. The Labute approximate surface area is 176 Å². The van der Waals surface area contributed by atoms with E-state index in [1.807, 2.05) is 37.1 Å². The van der Waals surface area contributed by atoms with Gasteiger partial charge in [-0.3, -0.25) is 4.79 Å². The van der Waals surface area contributed by atoms with Crippen LogP contribution < -0.4 is 9.47 Å². The van der Waals surface area contributed by atoms with Gasteiger partial charge in [0.1, 0.15) is 13.2 Å². The molecule has 2 aliphatic rings. The van der Waals surface area contributed by atoms with Gasteiger partial charge in [0.05, 0.1) is 6.04 Å². The molecule has 1 fully saturated rings. The minimum Gasteiger partial charge on any atom is -0.486 e. The van der Waals surface area contributed by atoms with Crippen LogP contribution in [0.2, 0.25) is 0 Å². The molecule has 1 aromatic heterocycles. The van der Waals surface area contributed by atoms with Gasteiger partial charge >= 0.3 is 0 Å². The van der Waals surface area contributed by atoms with Crippen molar-refractivity contribution in [2.75, 3.05) is 26.0 Å². The third-order valence-corrected chi connectivity index (χ3v) is 6.24. The fourth-order valence-corrected chi connectivity index (χ4v) is 4.67. The van der Waals surface area contributed by atoms with Crippen LogP contribution in [-0.4, -0.2) is 46.8 Å². The van der Waals surface area contributed by atoms with Crippen molar-refractivity contribution in [3.63, 3.8) is 0 Å². The van der Waals surface area contributed by atoms with Gasteiger partial charge in [-0.25, -0.2) is 9.97 Å². The van der Waals surface area contributed by atoms with E-state index in [-0.39, 0.29) is 11.9 Å². The summed E-state index contributed by atoms with van der Waals surface area (Å²) in [6.45, 7) is 5.96. The summed E-state index contributed by atoms with van der Waals surface area (Å²) in [6.07, 6.45) is 5.13. The van der Waals surface area contributed by atoms with Gasteiger partial charge in [-0.15, -0.1) is 0 Å². The molecule has 0 aliphatic carbocycles. The van der Waals surface area contributed by atoms with Gasteiger partial charge in [-0.2, -0.15) is 0 Å². The van der Waals surface area contributed by atoms with Gasteiger partial charge in [-0.05, 0) is 62.6 Å². The largest absolute Gasteiger partial charge is 0.486 e. The van der Waals surface area contributed by atoms with E-state index < -0.39 is 0 Å². The zero-order chi connectivity index (χ0) is 20.4. The molecule has 29 heavy (non-hydrogen) atoms. The highest BCUT2D eigenvalue weighted by Gasteiger charge is 2.30. The van der Waals surface area contributed by atoms with Crippen molar-refractivity contribution in [2.45, 2.75) is 50.7 Å². The average Bonchev–Trinajstić information content (AvgIpc) is 3.22. The minimum absolute atomic E-state index is 0.107. The van der Waals surface area contributed by atoms with Gasteiger partial charge in [0.25, 0.3) is 0 Å². The number of carbonyl (C=O) groups is 1. The Balaban J connectivity index is 1.46. The minimum atomic E-state index is 0.107. The van der Waals surface area contributed by atoms with Crippen molar-refractivity contribution >= 4 is 17.7 Å². The number of benzene rings is 1. The third kappa shape index (κ3) is 4.20. The second-order valence-electron chi connectivity index (χ2n) is 7.51. The summed E-state index contributed by atoms with van der Waals surface area (Å²) in [6, 6.07) is 6.17. The van der Waals surface area contributed by atoms with Crippen LogP contribution in [-0.2, 0) is 11.2 Å². The van der Waals surface area contributed by atoms with Crippen LogP contribution in [0.1, 0.15) is 47.8 Å². The summed E-state index contributed by atoms with van der Waals surface area (Å²) < 4.78 is 11.3. The maximum atomic E-state index is 13.1. The van der Waals surface area contributed by atoms with Crippen LogP contribution in [0.3, 0.4) is 0 Å². The van der Waals surface area contributed by atoms with E-state index in [0.717, 1.165) is 58.6 Å². The number of thioether (sulfide) groups is 1. The third-order valence-electron chi connectivity index (χ3n) is 5.70. The highest BCUT2D eigenvalue weighted by molar-refractivity contribution is 7.98. The van der Waals surface area contributed by atoms with Crippen molar-refractivity contribution < 1.29 is 14.3 Å². The normalized spacial score (nSPS) is 18.2. The zero-order valence-corrected chi connectivity index (χ0v) is 18.1. The van der Waals surface area contributed by atoms with Crippen LogP contribution in [0.25, 0.3) is 0 Å². The number of aryl methyl sites for hydroxylation is 2. The number of nitrogens with zero attached hydrogens (tertiary/aromatic N) is 3. The predicted octanol–water partition coefficient (Wildman–Crippen LogP) is 3.88. The Morgan fingerprint density at radius 3 is 2.62 bits per heavy atom. The highest BCUT2D eigenvalue weighted by Crippen LogP contribution is 2.38. The summed E-state index contributed by atoms with van der Waals surface area (Å²) in [4.78, 5) is 24.1. The number of hydrogen-bond donors (Lipinski definition) is 0. The maximum Gasteiger partial charge on any atom is 0.223 e. The molecule has 7 heteroatoms. The van der Waals surface area contributed by atoms with E-state index in [9.17, 15) is 4.79 Å². The molecule has 4 rings (SSSR count). The number of likely N-dealkylation sites (tertiary alicyclic amines) is 1. The quantitative estimate of drug-likeness (QED) is 0.547.